The molecule has 1 aromatic heterocycles. The molecular weight excluding hydrogens is 242 g/mol. The van der Waals surface area contributed by atoms with E-state index in [9.17, 15) is 0 Å². The van der Waals surface area contributed by atoms with E-state index in [0.717, 1.165) is 17.7 Å². The Morgan fingerprint density at radius 2 is 2.32 bits per heavy atom. The summed E-state index contributed by atoms with van der Waals surface area (Å²) >= 11 is 0. The van der Waals surface area contributed by atoms with Crippen molar-refractivity contribution in [3.05, 3.63) is 30.2 Å². The van der Waals surface area contributed by atoms with Crippen LogP contribution in [-0.4, -0.2) is 16.7 Å². The summed E-state index contributed by atoms with van der Waals surface area (Å²) in [6, 6.07) is 9.67. The van der Waals surface area contributed by atoms with Crippen molar-refractivity contribution in [1.29, 1.82) is 5.26 Å². The van der Waals surface area contributed by atoms with Crippen LogP contribution in [0.3, 0.4) is 0 Å². The highest BCUT2D eigenvalue weighted by atomic mass is 16.5. The molecule has 5 nitrogen and oxygen atoms in total. The summed E-state index contributed by atoms with van der Waals surface area (Å²) < 4.78 is 10.6. The van der Waals surface area contributed by atoms with Crippen LogP contribution >= 0.6 is 0 Å². The minimum atomic E-state index is 0.498. The van der Waals surface area contributed by atoms with E-state index in [-0.39, 0.29) is 0 Å². The first-order valence-electron chi connectivity index (χ1n) is 6.26. The van der Waals surface area contributed by atoms with Crippen molar-refractivity contribution in [1.82, 2.24) is 10.1 Å². The van der Waals surface area contributed by atoms with Gasteiger partial charge < -0.3 is 9.26 Å². The second kappa shape index (κ2) is 6.55. The van der Waals surface area contributed by atoms with Gasteiger partial charge in [-0.05, 0) is 25.5 Å². The molecule has 0 saturated heterocycles. The van der Waals surface area contributed by atoms with Gasteiger partial charge in [0.1, 0.15) is 5.75 Å². The zero-order chi connectivity index (χ0) is 13.5. The lowest BCUT2D eigenvalue weighted by Crippen LogP contribution is -1.91. The number of rotatable bonds is 6. The van der Waals surface area contributed by atoms with Crippen molar-refractivity contribution in [3.63, 3.8) is 0 Å². The third kappa shape index (κ3) is 3.55. The fourth-order valence-corrected chi connectivity index (χ4v) is 1.68. The van der Waals surface area contributed by atoms with Crippen LogP contribution in [0.4, 0.5) is 0 Å². The highest BCUT2D eigenvalue weighted by Crippen LogP contribution is 2.21. The molecule has 5 heteroatoms. The molecule has 0 unspecified atom stereocenters. The third-order valence-corrected chi connectivity index (χ3v) is 2.55. The quantitative estimate of drug-likeness (QED) is 0.744. The Kier molecular flexibility index (Phi) is 4.51. The topological polar surface area (TPSA) is 71.9 Å². The fourth-order valence-electron chi connectivity index (χ4n) is 1.68. The predicted octanol–water partition coefficient (Wildman–Crippen LogP) is 2.98. The van der Waals surface area contributed by atoms with Gasteiger partial charge in [0, 0.05) is 18.4 Å². The molecule has 0 fully saturated rings. The van der Waals surface area contributed by atoms with E-state index in [1.54, 1.807) is 0 Å². The van der Waals surface area contributed by atoms with Gasteiger partial charge >= 0.3 is 0 Å². The molecule has 0 spiro atoms. The largest absolute Gasteiger partial charge is 0.494 e. The SMILES string of the molecule is CCOc1cccc(-c2noc(CCCC#N)n2)c1. The lowest BCUT2D eigenvalue weighted by Gasteiger charge is -2.02. The number of aromatic nitrogens is 2. The number of aryl methyl sites for hydroxylation is 1. The summed E-state index contributed by atoms with van der Waals surface area (Å²) in [5.74, 6) is 1.90. The number of nitrogens with zero attached hydrogens (tertiary/aromatic N) is 3. The zero-order valence-corrected chi connectivity index (χ0v) is 10.8. The van der Waals surface area contributed by atoms with Gasteiger partial charge in [-0.15, -0.1) is 0 Å². The van der Waals surface area contributed by atoms with E-state index in [2.05, 4.69) is 16.2 Å². The predicted molar refractivity (Wildman–Crippen MR) is 69.5 cm³/mol. The van der Waals surface area contributed by atoms with Gasteiger partial charge in [-0.2, -0.15) is 10.2 Å². The monoisotopic (exact) mass is 257 g/mol. The lowest BCUT2D eigenvalue weighted by molar-refractivity contribution is 0.340. The fraction of sp³-hybridized carbons (Fsp3) is 0.357. The molecule has 0 radical (unpaired) electrons. The van der Waals surface area contributed by atoms with E-state index in [1.807, 2.05) is 31.2 Å². The first kappa shape index (κ1) is 13.1. The zero-order valence-electron chi connectivity index (χ0n) is 10.8. The third-order valence-electron chi connectivity index (χ3n) is 2.55. The Labute approximate surface area is 111 Å². The molecule has 0 amide bonds. The van der Waals surface area contributed by atoms with Gasteiger partial charge in [0.15, 0.2) is 0 Å². The number of unbranched alkanes of at least 4 members (excludes halogenated alkanes) is 1. The van der Waals surface area contributed by atoms with Gasteiger partial charge in [-0.1, -0.05) is 17.3 Å². The van der Waals surface area contributed by atoms with E-state index in [0.29, 0.717) is 31.2 Å². The highest BCUT2D eigenvalue weighted by molar-refractivity contribution is 5.56. The second-order valence-electron chi connectivity index (χ2n) is 3.98. The van der Waals surface area contributed by atoms with Crippen LogP contribution in [-0.2, 0) is 6.42 Å². The Bertz CT molecular complexity index is 572. The van der Waals surface area contributed by atoms with E-state index in [4.69, 9.17) is 14.5 Å². The smallest absolute Gasteiger partial charge is 0.226 e. The summed E-state index contributed by atoms with van der Waals surface area (Å²) in [5.41, 5.74) is 0.862. The van der Waals surface area contributed by atoms with Gasteiger partial charge in [0.05, 0.1) is 12.7 Å². The molecule has 0 atom stereocenters. The molecule has 0 N–H and O–H groups in total. The number of hydrogen-bond donors (Lipinski definition) is 0. The summed E-state index contributed by atoms with van der Waals surface area (Å²) in [4.78, 5) is 4.31. The Hall–Kier alpha value is -2.35. The van der Waals surface area contributed by atoms with Crippen LogP contribution in [0.15, 0.2) is 28.8 Å². The maximum atomic E-state index is 8.48. The summed E-state index contributed by atoms with van der Waals surface area (Å²) in [7, 11) is 0. The Balaban J connectivity index is 2.09. The molecular formula is C14H15N3O2. The minimum absolute atomic E-state index is 0.498. The van der Waals surface area contributed by atoms with Crippen molar-refractivity contribution in [2.75, 3.05) is 6.61 Å². The van der Waals surface area contributed by atoms with Crippen LogP contribution in [0.2, 0.25) is 0 Å². The molecule has 0 aliphatic carbocycles. The van der Waals surface area contributed by atoms with Crippen molar-refractivity contribution >= 4 is 0 Å². The molecule has 1 heterocycles. The molecule has 0 bridgehead atoms. The van der Waals surface area contributed by atoms with Gasteiger partial charge in [0.25, 0.3) is 0 Å². The van der Waals surface area contributed by atoms with E-state index < -0.39 is 0 Å². The summed E-state index contributed by atoms with van der Waals surface area (Å²) in [6.45, 7) is 2.56. The van der Waals surface area contributed by atoms with Crippen LogP contribution in [0.25, 0.3) is 11.4 Å². The number of hydrogen-bond acceptors (Lipinski definition) is 5. The molecule has 98 valence electrons. The Morgan fingerprint density at radius 3 is 3.11 bits per heavy atom. The number of nitriles is 1. The van der Waals surface area contributed by atoms with Gasteiger partial charge in [-0.3, -0.25) is 0 Å². The number of benzene rings is 1. The van der Waals surface area contributed by atoms with Gasteiger partial charge in [0.2, 0.25) is 11.7 Å². The van der Waals surface area contributed by atoms with E-state index >= 15 is 0 Å². The molecule has 1 aromatic carbocycles. The van der Waals surface area contributed by atoms with Crippen LogP contribution in [0.5, 0.6) is 5.75 Å². The first-order chi connectivity index (χ1) is 9.33. The van der Waals surface area contributed by atoms with Crippen molar-refractivity contribution in [3.8, 4) is 23.2 Å². The standard InChI is InChI=1S/C14H15N3O2/c1-2-18-12-7-5-6-11(10-12)14-16-13(19-17-14)8-3-4-9-15/h5-7,10H,2-4,8H2,1H3. The average Bonchev–Trinajstić information content (AvgIpc) is 2.89. The normalized spacial score (nSPS) is 10.1. The lowest BCUT2D eigenvalue weighted by atomic mass is 10.2. The van der Waals surface area contributed by atoms with Gasteiger partial charge in [-0.25, -0.2) is 0 Å². The summed E-state index contributed by atoms with van der Waals surface area (Å²) in [6.07, 6.45) is 1.86. The second-order valence-corrected chi connectivity index (χ2v) is 3.98. The van der Waals surface area contributed by atoms with Crippen molar-refractivity contribution in [2.45, 2.75) is 26.2 Å². The molecule has 19 heavy (non-hydrogen) atoms. The maximum Gasteiger partial charge on any atom is 0.226 e. The molecule has 0 aliphatic heterocycles. The average molecular weight is 257 g/mol. The first-order valence-corrected chi connectivity index (χ1v) is 6.26. The Morgan fingerprint density at radius 1 is 1.42 bits per heavy atom. The number of ether oxygens (including phenoxy) is 1. The minimum Gasteiger partial charge on any atom is -0.494 e. The van der Waals surface area contributed by atoms with Crippen LogP contribution in [0.1, 0.15) is 25.7 Å². The molecule has 0 aliphatic rings. The maximum absolute atomic E-state index is 8.48. The highest BCUT2D eigenvalue weighted by Gasteiger charge is 2.09. The summed E-state index contributed by atoms with van der Waals surface area (Å²) in [5, 5.41) is 12.4. The molecule has 0 saturated carbocycles. The van der Waals surface area contributed by atoms with Crippen LogP contribution in [0, 0.1) is 11.3 Å². The molecule has 2 rings (SSSR count). The van der Waals surface area contributed by atoms with Crippen LogP contribution < -0.4 is 4.74 Å². The van der Waals surface area contributed by atoms with Crippen molar-refractivity contribution < 1.29 is 9.26 Å². The molecule has 2 aromatic rings. The van der Waals surface area contributed by atoms with Crippen molar-refractivity contribution in [2.24, 2.45) is 0 Å². The van der Waals surface area contributed by atoms with E-state index in [1.165, 1.54) is 0 Å².